The third kappa shape index (κ3) is 4.14. The number of hydrogen-bond acceptors (Lipinski definition) is 5. The second-order valence-electron chi connectivity index (χ2n) is 7.36. The largest absolute Gasteiger partial charge is 0.385 e. The lowest BCUT2D eigenvalue weighted by molar-refractivity contribution is -0.132. The van der Waals surface area contributed by atoms with Crippen LogP contribution >= 0.6 is 11.6 Å². The number of carbonyl (C=O) groups excluding carboxylic acids is 1. The summed E-state index contributed by atoms with van der Waals surface area (Å²) in [7, 11) is -1.89. The first-order valence-corrected chi connectivity index (χ1v) is 10.9. The van der Waals surface area contributed by atoms with Crippen molar-refractivity contribution < 1.29 is 17.9 Å². The summed E-state index contributed by atoms with van der Waals surface area (Å²) in [6, 6.07) is 6.50. The standard InChI is InChI=1S/C18H26ClN3O4S/c1-26-10-7-18(17(20)23)5-8-21(9-6-18)15-12-22(13-15)27(24,25)16-4-2-3-14(19)11-16/h2-4,11,15H,5-10,12-13H2,1H3,(H2,20,23). The summed E-state index contributed by atoms with van der Waals surface area (Å²) >= 11 is 5.92. The van der Waals surface area contributed by atoms with E-state index in [4.69, 9.17) is 22.1 Å². The summed E-state index contributed by atoms with van der Waals surface area (Å²) in [4.78, 5) is 14.4. The molecule has 1 aromatic rings. The van der Waals surface area contributed by atoms with Crippen LogP contribution < -0.4 is 5.73 Å². The minimum absolute atomic E-state index is 0.173. The fourth-order valence-electron chi connectivity index (χ4n) is 3.85. The fraction of sp³-hybridized carbons (Fsp3) is 0.611. The van der Waals surface area contributed by atoms with Gasteiger partial charge in [-0.1, -0.05) is 17.7 Å². The van der Waals surface area contributed by atoms with Crippen LogP contribution in [0.5, 0.6) is 0 Å². The molecule has 0 spiro atoms. The van der Waals surface area contributed by atoms with E-state index in [1.807, 2.05) is 0 Å². The second kappa shape index (κ2) is 8.05. The molecule has 2 fully saturated rings. The van der Waals surface area contributed by atoms with Crippen LogP contribution in [-0.2, 0) is 19.6 Å². The molecule has 0 unspecified atom stereocenters. The van der Waals surface area contributed by atoms with E-state index in [0.29, 0.717) is 44.0 Å². The zero-order valence-electron chi connectivity index (χ0n) is 15.4. The number of nitrogens with two attached hydrogens (primary N) is 1. The molecule has 2 aliphatic heterocycles. The van der Waals surface area contributed by atoms with E-state index >= 15 is 0 Å². The molecule has 2 aliphatic rings. The SMILES string of the molecule is COCCC1(C(N)=O)CCN(C2CN(S(=O)(=O)c3cccc(Cl)c3)C2)CC1. The van der Waals surface area contributed by atoms with Gasteiger partial charge in [0.25, 0.3) is 0 Å². The quantitative estimate of drug-likeness (QED) is 0.724. The topological polar surface area (TPSA) is 92.9 Å². The van der Waals surface area contributed by atoms with Crippen molar-refractivity contribution in [2.45, 2.75) is 30.2 Å². The molecule has 27 heavy (non-hydrogen) atoms. The van der Waals surface area contributed by atoms with Crippen LogP contribution in [0.3, 0.4) is 0 Å². The highest BCUT2D eigenvalue weighted by atomic mass is 35.5. The molecule has 2 saturated heterocycles. The molecule has 0 radical (unpaired) electrons. The number of benzene rings is 1. The summed E-state index contributed by atoms with van der Waals surface area (Å²) in [5.74, 6) is -0.266. The molecule has 0 atom stereocenters. The van der Waals surface area contributed by atoms with Crippen LogP contribution in [0.1, 0.15) is 19.3 Å². The first-order chi connectivity index (χ1) is 12.8. The van der Waals surface area contributed by atoms with Gasteiger partial charge in [0, 0.05) is 37.9 Å². The van der Waals surface area contributed by atoms with Crippen molar-refractivity contribution in [1.29, 1.82) is 0 Å². The number of halogens is 1. The lowest BCUT2D eigenvalue weighted by Crippen LogP contribution is -2.63. The van der Waals surface area contributed by atoms with Crippen LogP contribution in [0.15, 0.2) is 29.2 Å². The van der Waals surface area contributed by atoms with Gasteiger partial charge in [-0.2, -0.15) is 4.31 Å². The Bertz CT molecular complexity index is 788. The number of methoxy groups -OCH3 is 1. The Kier molecular flexibility index (Phi) is 6.12. The number of sulfonamides is 1. The van der Waals surface area contributed by atoms with E-state index in [1.165, 1.54) is 10.4 Å². The Morgan fingerprint density at radius 3 is 2.56 bits per heavy atom. The van der Waals surface area contributed by atoms with Gasteiger partial charge in [0.2, 0.25) is 15.9 Å². The number of amides is 1. The predicted molar refractivity (Wildman–Crippen MR) is 103 cm³/mol. The lowest BCUT2D eigenvalue weighted by Gasteiger charge is -2.48. The third-order valence-corrected chi connectivity index (χ3v) is 7.90. The third-order valence-electron chi connectivity index (χ3n) is 5.84. The second-order valence-corrected chi connectivity index (χ2v) is 9.73. The molecule has 0 bridgehead atoms. The van der Waals surface area contributed by atoms with Gasteiger partial charge >= 0.3 is 0 Å². The van der Waals surface area contributed by atoms with E-state index in [2.05, 4.69) is 4.90 Å². The number of nitrogens with zero attached hydrogens (tertiary/aromatic N) is 2. The van der Waals surface area contributed by atoms with Gasteiger partial charge in [-0.3, -0.25) is 9.69 Å². The Hall–Kier alpha value is -1.19. The molecule has 0 saturated carbocycles. The molecule has 0 aliphatic carbocycles. The highest BCUT2D eigenvalue weighted by Crippen LogP contribution is 2.37. The monoisotopic (exact) mass is 415 g/mol. The fourth-order valence-corrected chi connectivity index (χ4v) is 5.67. The molecule has 3 rings (SSSR count). The number of piperidine rings is 1. The van der Waals surface area contributed by atoms with E-state index < -0.39 is 15.4 Å². The molecular weight excluding hydrogens is 390 g/mol. The van der Waals surface area contributed by atoms with Crippen molar-refractivity contribution in [3.63, 3.8) is 0 Å². The molecular formula is C18H26ClN3O4S. The average molecular weight is 416 g/mol. The van der Waals surface area contributed by atoms with Gasteiger partial charge in [-0.05, 0) is 50.6 Å². The first kappa shape index (κ1) is 20.5. The number of primary amides is 1. The van der Waals surface area contributed by atoms with Crippen LogP contribution in [0.4, 0.5) is 0 Å². The smallest absolute Gasteiger partial charge is 0.243 e. The van der Waals surface area contributed by atoms with Crippen LogP contribution in [0.25, 0.3) is 0 Å². The summed E-state index contributed by atoms with van der Waals surface area (Å²) in [5, 5.41) is 0.406. The van der Waals surface area contributed by atoms with Crippen LogP contribution in [0.2, 0.25) is 5.02 Å². The van der Waals surface area contributed by atoms with Gasteiger partial charge in [-0.25, -0.2) is 8.42 Å². The van der Waals surface area contributed by atoms with Crippen molar-refractivity contribution in [2.75, 3.05) is 39.9 Å². The lowest BCUT2D eigenvalue weighted by atomic mass is 9.75. The highest BCUT2D eigenvalue weighted by Gasteiger charge is 2.45. The van der Waals surface area contributed by atoms with Crippen molar-refractivity contribution in [2.24, 2.45) is 11.1 Å². The minimum Gasteiger partial charge on any atom is -0.385 e. The Morgan fingerprint density at radius 2 is 2.00 bits per heavy atom. The number of ether oxygens (including phenoxy) is 1. The maximum absolute atomic E-state index is 12.7. The van der Waals surface area contributed by atoms with E-state index in [0.717, 1.165) is 13.1 Å². The van der Waals surface area contributed by atoms with Crippen molar-refractivity contribution in [1.82, 2.24) is 9.21 Å². The normalized spacial score (nSPS) is 21.7. The van der Waals surface area contributed by atoms with Gasteiger partial charge in [0.15, 0.2) is 0 Å². The Labute approximate surface area is 165 Å². The molecule has 9 heteroatoms. The average Bonchev–Trinajstić information content (AvgIpc) is 2.59. The van der Waals surface area contributed by atoms with Crippen molar-refractivity contribution in [3.05, 3.63) is 29.3 Å². The molecule has 2 heterocycles. The number of likely N-dealkylation sites (tertiary alicyclic amines) is 1. The zero-order chi connectivity index (χ0) is 19.7. The van der Waals surface area contributed by atoms with Gasteiger partial charge in [-0.15, -0.1) is 0 Å². The first-order valence-electron chi connectivity index (χ1n) is 9.07. The minimum atomic E-state index is -3.51. The molecule has 0 aromatic heterocycles. The van der Waals surface area contributed by atoms with Gasteiger partial charge < -0.3 is 10.5 Å². The van der Waals surface area contributed by atoms with Gasteiger partial charge in [0.05, 0.1) is 10.3 Å². The van der Waals surface area contributed by atoms with Crippen LogP contribution in [0, 0.1) is 5.41 Å². The number of rotatable bonds is 7. The summed E-state index contributed by atoms with van der Waals surface area (Å²) in [6.45, 7) is 2.90. The summed E-state index contributed by atoms with van der Waals surface area (Å²) < 4.78 is 32.0. The Morgan fingerprint density at radius 1 is 1.33 bits per heavy atom. The van der Waals surface area contributed by atoms with Crippen molar-refractivity contribution in [3.8, 4) is 0 Å². The molecule has 2 N–H and O–H groups in total. The molecule has 1 aromatic carbocycles. The van der Waals surface area contributed by atoms with E-state index in [9.17, 15) is 13.2 Å². The summed E-state index contributed by atoms with van der Waals surface area (Å²) in [6.07, 6.45) is 2.00. The maximum atomic E-state index is 12.7. The zero-order valence-corrected chi connectivity index (χ0v) is 17.0. The maximum Gasteiger partial charge on any atom is 0.243 e. The highest BCUT2D eigenvalue weighted by molar-refractivity contribution is 7.89. The molecule has 7 nitrogen and oxygen atoms in total. The van der Waals surface area contributed by atoms with E-state index in [1.54, 1.807) is 25.3 Å². The van der Waals surface area contributed by atoms with Crippen LogP contribution in [-0.4, -0.2) is 69.5 Å². The van der Waals surface area contributed by atoms with Gasteiger partial charge in [0.1, 0.15) is 0 Å². The Balaban J connectivity index is 1.57. The van der Waals surface area contributed by atoms with E-state index in [-0.39, 0.29) is 16.8 Å². The molecule has 150 valence electrons. The number of carbonyl (C=O) groups is 1. The predicted octanol–water partition coefficient (Wildman–Crippen LogP) is 1.32. The number of hydrogen-bond donors (Lipinski definition) is 1. The summed E-state index contributed by atoms with van der Waals surface area (Å²) in [5.41, 5.74) is 5.14. The molecule has 1 amide bonds. The van der Waals surface area contributed by atoms with Crippen molar-refractivity contribution >= 4 is 27.5 Å².